The van der Waals surface area contributed by atoms with Crippen molar-refractivity contribution in [3.8, 4) is 0 Å². The number of hydrogen-bond donors (Lipinski definition) is 2. The Morgan fingerprint density at radius 2 is 1.95 bits per heavy atom. The third-order valence-electron chi connectivity index (χ3n) is 4.45. The Morgan fingerprint density at radius 3 is 2.77 bits per heavy atom. The van der Waals surface area contributed by atoms with Crippen molar-refractivity contribution in [2.45, 2.75) is 37.8 Å². The van der Waals surface area contributed by atoms with Crippen LogP contribution in [0, 0.1) is 0 Å². The van der Waals surface area contributed by atoms with Gasteiger partial charge >= 0.3 is 0 Å². The van der Waals surface area contributed by atoms with Gasteiger partial charge in [-0.25, -0.2) is 4.99 Å². The SMILES string of the molecule is NC1=NC2(CCCCC2)N(c2cccc3cnoc23)C(N)=N1. The summed E-state index contributed by atoms with van der Waals surface area (Å²) in [6.45, 7) is 0. The van der Waals surface area contributed by atoms with Gasteiger partial charge in [-0.3, -0.25) is 4.90 Å². The van der Waals surface area contributed by atoms with E-state index in [-0.39, 0.29) is 5.96 Å². The van der Waals surface area contributed by atoms with E-state index in [1.54, 1.807) is 6.20 Å². The van der Waals surface area contributed by atoms with E-state index in [9.17, 15) is 0 Å². The van der Waals surface area contributed by atoms with Crippen molar-refractivity contribution in [1.29, 1.82) is 0 Å². The summed E-state index contributed by atoms with van der Waals surface area (Å²) in [4.78, 5) is 10.8. The van der Waals surface area contributed by atoms with Crippen LogP contribution in [-0.2, 0) is 0 Å². The highest BCUT2D eigenvalue weighted by Crippen LogP contribution is 2.41. The van der Waals surface area contributed by atoms with Gasteiger partial charge in [-0.1, -0.05) is 17.6 Å². The Hall–Kier alpha value is -2.57. The van der Waals surface area contributed by atoms with E-state index in [1.807, 2.05) is 23.1 Å². The highest BCUT2D eigenvalue weighted by Gasteiger charge is 2.43. The number of para-hydroxylation sites is 1. The second-order valence-electron chi connectivity index (χ2n) is 5.84. The van der Waals surface area contributed by atoms with Gasteiger partial charge in [-0.2, -0.15) is 4.99 Å². The topological polar surface area (TPSA) is 106 Å². The second-order valence-corrected chi connectivity index (χ2v) is 5.84. The van der Waals surface area contributed by atoms with Gasteiger partial charge in [0.25, 0.3) is 0 Å². The van der Waals surface area contributed by atoms with Crippen LogP contribution < -0.4 is 16.4 Å². The van der Waals surface area contributed by atoms with Crippen molar-refractivity contribution in [2.75, 3.05) is 4.90 Å². The molecule has 2 aliphatic rings. The number of rotatable bonds is 1. The van der Waals surface area contributed by atoms with E-state index in [4.69, 9.17) is 16.0 Å². The Labute approximate surface area is 127 Å². The molecule has 7 heteroatoms. The first-order chi connectivity index (χ1) is 10.7. The quantitative estimate of drug-likeness (QED) is 0.836. The second kappa shape index (κ2) is 4.72. The van der Waals surface area contributed by atoms with E-state index in [0.29, 0.717) is 11.5 Å². The number of aliphatic imine (C=N–C) groups is 2. The van der Waals surface area contributed by atoms with Crippen LogP contribution in [0.15, 0.2) is 38.9 Å². The fourth-order valence-corrected chi connectivity index (χ4v) is 3.53. The lowest BCUT2D eigenvalue weighted by atomic mass is 9.87. The van der Waals surface area contributed by atoms with Gasteiger partial charge in [0.05, 0.1) is 11.9 Å². The molecule has 2 heterocycles. The molecule has 1 spiro atoms. The van der Waals surface area contributed by atoms with Crippen LogP contribution in [0.25, 0.3) is 11.0 Å². The number of hydrogen-bond acceptors (Lipinski definition) is 7. The van der Waals surface area contributed by atoms with Gasteiger partial charge in [0.1, 0.15) is 5.66 Å². The molecule has 1 saturated carbocycles. The van der Waals surface area contributed by atoms with Crippen molar-refractivity contribution >= 4 is 28.6 Å². The fourth-order valence-electron chi connectivity index (χ4n) is 3.53. The normalized spacial score (nSPS) is 21.0. The zero-order valence-corrected chi connectivity index (χ0v) is 12.2. The Kier molecular flexibility index (Phi) is 2.82. The summed E-state index contributed by atoms with van der Waals surface area (Å²) in [5.41, 5.74) is 13.2. The third kappa shape index (κ3) is 1.85. The Balaban J connectivity index is 1.91. The largest absolute Gasteiger partial charge is 0.369 e. The molecule has 1 aromatic heterocycles. The summed E-state index contributed by atoms with van der Waals surface area (Å²) in [5.74, 6) is 0.610. The van der Waals surface area contributed by atoms with Crippen LogP contribution in [0.3, 0.4) is 0 Å². The van der Waals surface area contributed by atoms with Gasteiger partial charge in [-0.05, 0) is 37.8 Å². The lowest BCUT2D eigenvalue weighted by molar-refractivity contribution is 0.305. The minimum Gasteiger partial charge on any atom is -0.369 e. The molecule has 4 rings (SSSR count). The molecule has 0 saturated heterocycles. The number of aromatic nitrogens is 1. The van der Waals surface area contributed by atoms with Crippen LogP contribution in [0.1, 0.15) is 32.1 Å². The maximum atomic E-state index is 6.22. The van der Waals surface area contributed by atoms with E-state index >= 15 is 0 Å². The molecule has 0 radical (unpaired) electrons. The Morgan fingerprint density at radius 1 is 1.14 bits per heavy atom. The van der Waals surface area contributed by atoms with Crippen molar-refractivity contribution in [2.24, 2.45) is 21.5 Å². The molecule has 0 amide bonds. The molecule has 114 valence electrons. The van der Waals surface area contributed by atoms with Crippen molar-refractivity contribution in [1.82, 2.24) is 5.16 Å². The molecular formula is C15H18N6O. The predicted molar refractivity (Wildman–Crippen MR) is 85.5 cm³/mol. The molecular weight excluding hydrogens is 280 g/mol. The first kappa shape index (κ1) is 13.1. The number of guanidine groups is 2. The highest BCUT2D eigenvalue weighted by molar-refractivity contribution is 6.09. The summed E-state index contributed by atoms with van der Waals surface area (Å²) in [6, 6.07) is 5.88. The van der Waals surface area contributed by atoms with E-state index in [0.717, 1.165) is 36.8 Å². The minimum atomic E-state index is -0.463. The first-order valence-corrected chi connectivity index (χ1v) is 7.53. The Bertz CT molecular complexity index is 771. The number of benzene rings is 1. The van der Waals surface area contributed by atoms with E-state index in [2.05, 4.69) is 15.1 Å². The number of anilines is 1. The molecule has 0 atom stereocenters. The summed E-state index contributed by atoms with van der Waals surface area (Å²) in [5, 5.41) is 4.82. The highest BCUT2D eigenvalue weighted by atomic mass is 16.5. The first-order valence-electron chi connectivity index (χ1n) is 7.53. The lowest BCUT2D eigenvalue weighted by Crippen LogP contribution is -2.58. The summed E-state index contributed by atoms with van der Waals surface area (Å²) in [6.07, 6.45) is 6.87. The molecule has 1 aliphatic carbocycles. The fraction of sp³-hybridized carbons (Fsp3) is 0.400. The molecule has 2 aromatic rings. The monoisotopic (exact) mass is 298 g/mol. The maximum absolute atomic E-state index is 6.22. The van der Waals surface area contributed by atoms with Crippen LogP contribution in [-0.4, -0.2) is 22.7 Å². The van der Waals surface area contributed by atoms with Crippen LogP contribution in [0.5, 0.6) is 0 Å². The number of fused-ring (bicyclic) bond motifs is 1. The lowest BCUT2D eigenvalue weighted by Gasteiger charge is -2.45. The summed E-state index contributed by atoms with van der Waals surface area (Å²) in [7, 11) is 0. The van der Waals surface area contributed by atoms with Gasteiger partial charge in [0.15, 0.2) is 5.58 Å². The third-order valence-corrected chi connectivity index (χ3v) is 4.45. The zero-order valence-electron chi connectivity index (χ0n) is 12.2. The average molecular weight is 298 g/mol. The van der Waals surface area contributed by atoms with Crippen LogP contribution in [0.4, 0.5) is 5.69 Å². The molecule has 0 bridgehead atoms. The van der Waals surface area contributed by atoms with Crippen molar-refractivity contribution < 1.29 is 4.52 Å². The molecule has 1 aliphatic heterocycles. The molecule has 7 nitrogen and oxygen atoms in total. The summed E-state index contributed by atoms with van der Waals surface area (Å²) < 4.78 is 5.43. The summed E-state index contributed by atoms with van der Waals surface area (Å²) >= 11 is 0. The number of nitrogens with two attached hydrogens (primary N) is 2. The molecule has 4 N–H and O–H groups in total. The van der Waals surface area contributed by atoms with Crippen molar-refractivity contribution in [3.05, 3.63) is 24.4 Å². The molecule has 0 unspecified atom stereocenters. The molecule has 1 fully saturated rings. The van der Waals surface area contributed by atoms with Gasteiger partial charge in [-0.15, -0.1) is 0 Å². The predicted octanol–water partition coefficient (Wildman–Crippen LogP) is 1.94. The van der Waals surface area contributed by atoms with Crippen LogP contribution in [0.2, 0.25) is 0 Å². The standard InChI is InChI=1S/C15H18N6O/c16-13-19-14(17)21(15(20-13)7-2-1-3-8-15)11-6-4-5-10-9-18-22-12(10)11/h4-6,9H,1-3,7-8H2,(H4,16,17,19,20). The van der Waals surface area contributed by atoms with Gasteiger partial charge in [0.2, 0.25) is 11.9 Å². The maximum Gasteiger partial charge on any atom is 0.220 e. The van der Waals surface area contributed by atoms with Crippen molar-refractivity contribution in [3.63, 3.8) is 0 Å². The van der Waals surface area contributed by atoms with Gasteiger partial charge in [0, 0.05) is 5.39 Å². The van der Waals surface area contributed by atoms with Gasteiger partial charge < -0.3 is 16.0 Å². The number of nitrogens with zero attached hydrogens (tertiary/aromatic N) is 4. The molecule has 1 aromatic carbocycles. The minimum absolute atomic E-state index is 0.250. The van der Waals surface area contributed by atoms with Crippen LogP contribution >= 0.6 is 0 Å². The smallest absolute Gasteiger partial charge is 0.220 e. The zero-order chi connectivity index (χ0) is 15.2. The average Bonchev–Trinajstić information content (AvgIpc) is 2.96. The molecule has 22 heavy (non-hydrogen) atoms. The van der Waals surface area contributed by atoms with E-state index < -0.39 is 5.66 Å². The van der Waals surface area contributed by atoms with E-state index in [1.165, 1.54) is 6.42 Å².